The minimum absolute atomic E-state index is 0.00596. The Hall–Kier alpha value is -4.41. The van der Waals surface area contributed by atoms with Gasteiger partial charge >= 0.3 is 5.97 Å². The van der Waals surface area contributed by atoms with Gasteiger partial charge in [0, 0.05) is 21.0 Å². The summed E-state index contributed by atoms with van der Waals surface area (Å²) in [6.45, 7) is 1.99. The van der Waals surface area contributed by atoms with Crippen molar-refractivity contribution in [3.05, 3.63) is 101 Å². The van der Waals surface area contributed by atoms with E-state index in [1.807, 2.05) is 43.3 Å². The average Bonchev–Trinajstić information content (AvgIpc) is 3.61. The maximum Gasteiger partial charge on any atom is 0.338 e. The normalized spacial score (nSPS) is 11.7. The lowest BCUT2D eigenvalue weighted by Crippen LogP contribution is -2.34. The second kappa shape index (κ2) is 11.5. The highest BCUT2D eigenvalue weighted by Gasteiger charge is 2.31. The van der Waals surface area contributed by atoms with E-state index in [-0.39, 0.29) is 17.5 Å². The highest BCUT2D eigenvalue weighted by atomic mass is 35.5. The zero-order valence-electron chi connectivity index (χ0n) is 20.8. The number of nitrogens with zero attached hydrogens (tertiary/aromatic N) is 3. The molecular weight excluding hydrogens is 540 g/mol. The van der Waals surface area contributed by atoms with Gasteiger partial charge in [0.2, 0.25) is 11.9 Å². The van der Waals surface area contributed by atoms with Gasteiger partial charge in [-0.1, -0.05) is 47.5 Å². The lowest BCUT2D eigenvalue weighted by atomic mass is 10.1. The molecule has 0 aliphatic carbocycles. The van der Waals surface area contributed by atoms with Crippen molar-refractivity contribution in [2.24, 2.45) is 0 Å². The smallest absolute Gasteiger partial charge is 0.338 e. The van der Waals surface area contributed by atoms with E-state index >= 15 is 0 Å². The molecule has 1 amide bonds. The molecule has 0 fully saturated rings. The predicted molar refractivity (Wildman–Crippen MR) is 144 cm³/mol. The van der Waals surface area contributed by atoms with E-state index in [1.54, 1.807) is 42.5 Å². The SMILES string of the molecule is COC(=O)C(NC(=O)c1ccccc1)c1nnc(-c2nc(-c3ccc(C)cc3)oc2Sc2ccc(Cl)cc2)o1. The predicted octanol–water partition coefficient (Wildman–Crippen LogP) is 6.15. The van der Waals surface area contributed by atoms with E-state index in [2.05, 4.69) is 20.5 Å². The molecule has 2 aromatic heterocycles. The van der Waals surface area contributed by atoms with Crippen LogP contribution >= 0.6 is 23.4 Å². The molecule has 2 heterocycles. The lowest BCUT2D eigenvalue weighted by Gasteiger charge is -2.12. The molecule has 5 rings (SSSR count). The largest absolute Gasteiger partial charge is 0.467 e. The third-order valence-electron chi connectivity index (χ3n) is 5.56. The molecule has 0 aliphatic rings. The molecule has 0 saturated heterocycles. The van der Waals surface area contributed by atoms with Crippen LogP contribution in [-0.2, 0) is 9.53 Å². The van der Waals surface area contributed by atoms with Gasteiger partial charge in [-0.25, -0.2) is 9.78 Å². The van der Waals surface area contributed by atoms with Crippen LogP contribution in [-0.4, -0.2) is 34.2 Å². The molecule has 5 aromatic rings. The summed E-state index contributed by atoms with van der Waals surface area (Å²) in [5, 5.41) is 11.7. The number of carbonyl (C=O) groups excluding carboxylic acids is 2. The number of esters is 1. The van der Waals surface area contributed by atoms with E-state index in [9.17, 15) is 9.59 Å². The third-order valence-corrected chi connectivity index (χ3v) is 6.78. The van der Waals surface area contributed by atoms with Crippen molar-refractivity contribution in [1.29, 1.82) is 0 Å². The van der Waals surface area contributed by atoms with Gasteiger partial charge in [-0.15, -0.1) is 10.2 Å². The summed E-state index contributed by atoms with van der Waals surface area (Å²) >= 11 is 7.33. The number of amides is 1. The number of hydrogen-bond donors (Lipinski definition) is 1. The number of carbonyl (C=O) groups is 2. The van der Waals surface area contributed by atoms with Crippen molar-refractivity contribution in [2.75, 3.05) is 7.11 Å². The molecule has 1 unspecified atom stereocenters. The summed E-state index contributed by atoms with van der Waals surface area (Å²) in [4.78, 5) is 30.8. The standard InChI is InChI=1S/C28H21ClN4O5S/c1-16-8-10-18(11-9-16)24-31-22(28(38-24)39-20-14-12-19(29)13-15-20)26-33-32-25(37-26)21(27(35)36-2)30-23(34)17-6-4-3-5-7-17/h3-15,21H,1-2H3,(H,30,34). The minimum Gasteiger partial charge on any atom is -0.467 e. The summed E-state index contributed by atoms with van der Waals surface area (Å²) in [5.41, 5.74) is 2.48. The van der Waals surface area contributed by atoms with Crippen LogP contribution < -0.4 is 5.32 Å². The summed E-state index contributed by atoms with van der Waals surface area (Å²) in [6, 6.07) is 22.0. The first kappa shape index (κ1) is 26.2. The number of benzene rings is 3. The molecule has 9 nitrogen and oxygen atoms in total. The maximum absolute atomic E-state index is 12.7. The molecule has 39 heavy (non-hydrogen) atoms. The zero-order chi connectivity index (χ0) is 27.4. The van der Waals surface area contributed by atoms with Crippen molar-refractivity contribution in [3.8, 4) is 23.0 Å². The van der Waals surface area contributed by atoms with Gasteiger partial charge in [-0.05, 0) is 67.2 Å². The van der Waals surface area contributed by atoms with Crippen molar-refractivity contribution in [2.45, 2.75) is 23.0 Å². The molecule has 11 heteroatoms. The maximum atomic E-state index is 12.7. The van der Waals surface area contributed by atoms with Crippen molar-refractivity contribution < 1.29 is 23.2 Å². The van der Waals surface area contributed by atoms with Crippen LogP contribution in [0.15, 0.2) is 97.7 Å². The average molecular weight is 561 g/mol. The number of oxazole rings is 1. The van der Waals surface area contributed by atoms with Gasteiger partial charge in [-0.3, -0.25) is 4.79 Å². The van der Waals surface area contributed by atoms with Crippen LogP contribution in [0.3, 0.4) is 0 Å². The first-order valence-corrected chi connectivity index (χ1v) is 12.9. The second-order valence-electron chi connectivity index (χ2n) is 8.32. The highest BCUT2D eigenvalue weighted by molar-refractivity contribution is 7.99. The molecule has 0 saturated carbocycles. The Labute approximate surface area is 232 Å². The second-order valence-corrected chi connectivity index (χ2v) is 9.80. The Balaban J connectivity index is 1.50. The molecule has 0 radical (unpaired) electrons. The summed E-state index contributed by atoms with van der Waals surface area (Å²) in [5.74, 6) is -1.09. The van der Waals surface area contributed by atoms with Gasteiger partial charge in [0.1, 0.15) is 0 Å². The summed E-state index contributed by atoms with van der Waals surface area (Å²) < 4.78 is 16.9. The van der Waals surface area contributed by atoms with Gasteiger partial charge in [0.25, 0.3) is 17.7 Å². The highest BCUT2D eigenvalue weighted by Crippen LogP contribution is 2.39. The number of halogens is 1. The molecule has 1 atom stereocenters. The molecule has 196 valence electrons. The molecular formula is C28H21ClN4O5S. The van der Waals surface area contributed by atoms with Crippen LogP contribution in [0.1, 0.15) is 27.9 Å². The number of ether oxygens (including phenoxy) is 1. The topological polar surface area (TPSA) is 120 Å². The van der Waals surface area contributed by atoms with Crippen molar-refractivity contribution in [1.82, 2.24) is 20.5 Å². The summed E-state index contributed by atoms with van der Waals surface area (Å²) in [6.07, 6.45) is 0. The molecule has 0 bridgehead atoms. The fraction of sp³-hybridized carbons (Fsp3) is 0.107. The Morgan fingerprint density at radius 2 is 1.64 bits per heavy atom. The number of aryl methyl sites for hydroxylation is 1. The van der Waals surface area contributed by atoms with Crippen LogP contribution in [0.4, 0.5) is 0 Å². The number of hydrogen-bond acceptors (Lipinski definition) is 9. The Morgan fingerprint density at radius 3 is 2.33 bits per heavy atom. The summed E-state index contributed by atoms with van der Waals surface area (Å²) in [7, 11) is 1.20. The molecule has 1 N–H and O–H groups in total. The monoisotopic (exact) mass is 560 g/mol. The number of aromatic nitrogens is 3. The molecule has 0 aliphatic heterocycles. The van der Waals surface area contributed by atoms with Gasteiger partial charge in [0.05, 0.1) is 7.11 Å². The van der Waals surface area contributed by atoms with Crippen molar-refractivity contribution in [3.63, 3.8) is 0 Å². The number of methoxy groups -OCH3 is 1. The molecule has 3 aromatic carbocycles. The number of nitrogens with one attached hydrogen (secondary N) is 1. The first-order chi connectivity index (χ1) is 18.9. The van der Waals surface area contributed by atoms with Gasteiger partial charge in [0.15, 0.2) is 10.8 Å². The van der Waals surface area contributed by atoms with Gasteiger partial charge in [-0.2, -0.15) is 0 Å². The van der Waals surface area contributed by atoms with Crippen LogP contribution in [0.2, 0.25) is 5.02 Å². The van der Waals surface area contributed by atoms with Crippen LogP contribution in [0, 0.1) is 6.92 Å². The third kappa shape index (κ3) is 6.02. The van der Waals surface area contributed by atoms with E-state index in [4.69, 9.17) is 25.2 Å². The van der Waals surface area contributed by atoms with Crippen LogP contribution in [0.5, 0.6) is 0 Å². The van der Waals surface area contributed by atoms with Crippen LogP contribution in [0.25, 0.3) is 23.0 Å². The fourth-order valence-electron chi connectivity index (χ4n) is 3.53. The quantitative estimate of drug-likeness (QED) is 0.223. The van der Waals surface area contributed by atoms with E-state index in [1.165, 1.54) is 18.9 Å². The van der Waals surface area contributed by atoms with E-state index in [0.717, 1.165) is 16.0 Å². The Kier molecular flexibility index (Phi) is 7.76. The lowest BCUT2D eigenvalue weighted by molar-refractivity contribution is -0.143. The molecule has 0 spiro atoms. The van der Waals surface area contributed by atoms with E-state index < -0.39 is 17.9 Å². The first-order valence-electron chi connectivity index (χ1n) is 11.7. The Morgan fingerprint density at radius 1 is 0.923 bits per heavy atom. The van der Waals surface area contributed by atoms with Gasteiger partial charge < -0.3 is 18.9 Å². The van der Waals surface area contributed by atoms with E-state index in [0.29, 0.717) is 21.6 Å². The van der Waals surface area contributed by atoms with Crippen molar-refractivity contribution >= 4 is 35.2 Å². The Bertz CT molecular complexity index is 1600. The fourth-order valence-corrected chi connectivity index (χ4v) is 4.49. The zero-order valence-corrected chi connectivity index (χ0v) is 22.3. The number of rotatable bonds is 8. The minimum atomic E-state index is -1.33.